The second-order valence-electron chi connectivity index (χ2n) is 0.523. The maximum atomic E-state index is 9.14. The van der Waals surface area contributed by atoms with E-state index in [1.807, 2.05) is 0 Å². The van der Waals surface area contributed by atoms with Crippen LogP contribution >= 0.6 is 0 Å². The summed E-state index contributed by atoms with van der Waals surface area (Å²) in [4.78, 5) is 9.14. The van der Waals surface area contributed by atoms with Gasteiger partial charge in [-0.2, -0.15) is 0 Å². The van der Waals surface area contributed by atoms with Crippen LogP contribution in [0, 0.1) is 0 Å². The summed E-state index contributed by atoms with van der Waals surface area (Å²) in [5.41, 5.74) is 0. The minimum Gasteiger partial charge on any atom is -0.242 e. The van der Waals surface area contributed by atoms with Gasteiger partial charge in [0.25, 0.3) is 0 Å². The van der Waals surface area contributed by atoms with E-state index in [-0.39, 0.29) is 34.1 Å². The van der Waals surface area contributed by atoms with Crippen LogP contribution in [0.15, 0.2) is 12.7 Å². The predicted molar refractivity (Wildman–Crippen MR) is 15.9 cm³/mol. The Kier molecular flexibility index (Phi) is 21.4. The van der Waals surface area contributed by atoms with E-state index in [1.54, 1.807) is 0 Å². The molecule has 0 fully saturated rings. The Morgan fingerprint density at radius 1 is 1.43 bits per heavy atom. The van der Waals surface area contributed by atoms with Crippen molar-refractivity contribution in [3.05, 3.63) is 12.7 Å². The summed E-state index contributed by atoms with van der Waals surface area (Å²) < 4.78 is 0. The summed E-state index contributed by atoms with van der Waals surface area (Å²) in [6.45, 7) is 2.90. The Labute approximate surface area is 62.9 Å². The van der Waals surface area contributed by atoms with Crippen LogP contribution in [-0.4, -0.2) is 5.97 Å². The molecule has 0 aliphatic carbocycles. The molecule has 0 atom stereocenters. The Balaban J connectivity index is -0.0000000800. The molecule has 0 N–H and O–H groups in total. The Morgan fingerprint density at radius 3 is 1.57 bits per heavy atom. The third-order valence-corrected chi connectivity index (χ3v) is 0.167. The van der Waals surface area contributed by atoms with Crippen LogP contribution in [-0.2, 0) is 44.0 Å². The molecule has 0 rings (SSSR count). The van der Waals surface area contributed by atoms with Gasteiger partial charge in [-0.15, -0.1) is 0 Å². The van der Waals surface area contributed by atoms with E-state index in [4.69, 9.17) is 9.90 Å². The second-order valence-corrected chi connectivity index (χ2v) is 0.523. The molecule has 0 aliphatic rings. The van der Waals surface area contributed by atoms with Gasteiger partial charge in [0.15, 0.2) is 0 Å². The van der Waals surface area contributed by atoms with E-state index in [1.165, 1.54) is 0 Å². The normalized spacial score (nSPS) is 4.57. The monoisotopic (exact) mass is 197 g/mol. The first-order chi connectivity index (χ1) is 2.27. The number of carbonyl (C=O) groups excluding carboxylic acids is 1. The number of carbonyl (C=O) groups is 1. The SMILES string of the molecule is C=CC([O])=O.[Cu].[Cu]. The standard InChI is InChI=1S/C3H3O2.2Cu/c1-2-3(4)5;;/h2H,1H2;;. The maximum absolute atomic E-state index is 9.14. The van der Waals surface area contributed by atoms with Gasteiger partial charge in [-0.25, -0.2) is 9.90 Å². The molecule has 2 nitrogen and oxygen atoms in total. The van der Waals surface area contributed by atoms with E-state index < -0.39 is 5.97 Å². The third-order valence-electron chi connectivity index (χ3n) is 0.167. The van der Waals surface area contributed by atoms with E-state index in [9.17, 15) is 0 Å². The van der Waals surface area contributed by atoms with Crippen molar-refractivity contribution in [1.82, 2.24) is 0 Å². The summed E-state index contributed by atoms with van der Waals surface area (Å²) in [7, 11) is 0. The molecule has 0 aromatic carbocycles. The smallest absolute Gasteiger partial charge is 0.242 e. The fourth-order valence-electron chi connectivity index (χ4n) is 0. The van der Waals surface area contributed by atoms with Crippen LogP contribution in [0.1, 0.15) is 0 Å². The fraction of sp³-hybridized carbons (Fsp3) is 0. The topological polar surface area (TPSA) is 37.0 Å². The Morgan fingerprint density at radius 2 is 1.57 bits per heavy atom. The zero-order chi connectivity index (χ0) is 4.28. The van der Waals surface area contributed by atoms with Crippen molar-refractivity contribution >= 4 is 5.97 Å². The molecule has 0 amide bonds. The average Bonchev–Trinajstić information content (AvgIpc) is 1.38. The second kappa shape index (κ2) is 9.54. The molecule has 0 spiro atoms. The number of hydrogen-bond acceptors (Lipinski definition) is 1. The van der Waals surface area contributed by atoms with Gasteiger partial charge >= 0.3 is 5.97 Å². The van der Waals surface area contributed by atoms with Crippen molar-refractivity contribution in [1.29, 1.82) is 0 Å². The van der Waals surface area contributed by atoms with Crippen LogP contribution in [0.2, 0.25) is 0 Å². The van der Waals surface area contributed by atoms with Gasteiger partial charge in [0, 0.05) is 40.2 Å². The van der Waals surface area contributed by atoms with Crippen molar-refractivity contribution in [3.8, 4) is 0 Å². The fourth-order valence-corrected chi connectivity index (χ4v) is 0. The van der Waals surface area contributed by atoms with Gasteiger partial charge in [-0.1, -0.05) is 6.58 Å². The summed E-state index contributed by atoms with van der Waals surface area (Å²) in [6.07, 6.45) is 0.722. The van der Waals surface area contributed by atoms with Crippen LogP contribution in [0.4, 0.5) is 0 Å². The average molecular weight is 198 g/mol. The van der Waals surface area contributed by atoms with Gasteiger partial charge in [0.2, 0.25) is 0 Å². The summed E-state index contributed by atoms with van der Waals surface area (Å²) in [5.74, 6) is -1.23. The summed E-state index contributed by atoms with van der Waals surface area (Å²) in [6, 6.07) is 0. The third kappa shape index (κ3) is 22.3. The molecule has 0 heterocycles. The first-order valence-corrected chi connectivity index (χ1v) is 1.11. The van der Waals surface area contributed by atoms with Crippen molar-refractivity contribution in [2.45, 2.75) is 0 Å². The maximum Gasteiger partial charge on any atom is 0.378 e. The molecule has 0 aromatic rings. The minimum absolute atomic E-state index is 0. The largest absolute Gasteiger partial charge is 0.378 e. The van der Waals surface area contributed by atoms with Gasteiger partial charge in [0.05, 0.1) is 0 Å². The minimum atomic E-state index is -1.23. The Bertz CT molecular complexity index is 62.0. The van der Waals surface area contributed by atoms with Gasteiger partial charge < -0.3 is 0 Å². The molecule has 0 saturated carbocycles. The zero-order valence-electron chi connectivity index (χ0n) is 3.20. The first-order valence-electron chi connectivity index (χ1n) is 1.11. The summed E-state index contributed by atoms with van der Waals surface area (Å²) >= 11 is 0. The van der Waals surface area contributed by atoms with Gasteiger partial charge in [-0.05, 0) is 0 Å². The van der Waals surface area contributed by atoms with E-state index in [0.29, 0.717) is 0 Å². The van der Waals surface area contributed by atoms with Gasteiger partial charge in [-0.3, -0.25) is 0 Å². The molecule has 4 heteroatoms. The van der Waals surface area contributed by atoms with Crippen molar-refractivity contribution < 1.29 is 44.0 Å². The molecule has 0 saturated heterocycles. The zero-order valence-corrected chi connectivity index (χ0v) is 5.09. The quantitative estimate of drug-likeness (QED) is 0.435. The molecule has 0 aliphatic heterocycles. The molecular weight excluding hydrogens is 195 g/mol. The van der Waals surface area contributed by atoms with Crippen molar-refractivity contribution in [2.24, 2.45) is 0 Å². The van der Waals surface area contributed by atoms with E-state index in [0.717, 1.165) is 6.08 Å². The first kappa shape index (κ1) is 15.7. The van der Waals surface area contributed by atoms with Crippen LogP contribution < -0.4 is 0 Å². The van der Waals surface area contributed by atoms with Crippen molar-refractivity contribution in [3.63, 3.8) is 0 Å². The van der Waals surface area contributed by atoms with Crippen LogP contribution in [0.25, 0.3) is 0 Å². The molecule has 0 bridgehead atoms. The number of hydrogen-bond donors (Lipinski definition) is 0. The van der Waals surface area contributed by atoms with E-state index >= 15 is 0 Å². The molecule has 0 unspecified atom stereocenters. The van der Waals surface area contributed by atoms with Crippen LogP contribution in [0.5, 0.6) is 0 Å². The van der Waals surface area contributed by atoms with Crippen molar-refractivity contribution in [2.75, 3.05) is 0 Å². The summed E-state index contributed by atoms with van der Waals surface area (Å²) in [5, 5.41) is 9.14. The molecule has 0 aromatic heterocycles. The molecule has 3 radical (unpaired) electrons. The molecular formula is C3H3Cu2O2. The van der Waals surface area contributed by atoms with Crippen LogP contribution in [0.3, 0.4) is 0 Å². The predicted octanol–water partition coefficient (Wildman–Crippen LogP) is 0.124. The molecule has 7 heavy (non-hydrogen) atoms. The number of rotatable bonds is 1. The van der Waals surface area contributed by atoms with Gasteiger partial charge in [0.1, 0.15) is 0 Å². The Hall–Kier alpha value is 0.249. The molecule has 49 valence electrons. The van der Waals surface area contributed by atoms with E-state index in [2.05, 4.69) is 6.58 Å².